The van der Waals surface area contributed by atoms with E-state index >= 15 is 0 Å². The Kier molecular flexibility index (Phi) is 4.36. The monoisotopic (exact) mass is 241 g/mol. The molecule has 2 rings (SSSR count). The van der Waals surface area contributed by atoms with Crippen LogP contribution in [0.4, 0.5) is 0 Å². The molecule has 1 aliphatic heterocycles. The minimum Gasteiger partial charge on any atom is -0.380 e. The van der Waals surface area contributed by atoms with Crippen molar-refractivity contribution < 1.29 is 9.53 Å². The summed E-state index contributed by atoms with van der Waals surface area (Å²) in [5.74, 6) is 0.105. The fourth-order valence-corrected chi connectivity index (χ4v) is 2.26. The Morgan fingerprint density at radius 2 is 2.29 bits per heavy atom. The summed E-state index contributed by atoms with van der Waals surface area (Å²) in [7, 11) is 3.82. The summed E-state index contributed by atoms with van der Waals surface area (Å²) in [6.07, 6.45) is 3.58. The van der Waals surface area contributed by atoms with Crippen LogP contribution in [0.15, 0.2) is 0 Å². The van der Waals surface area contributed by atoms with Gasteiger partial charge in [-0.2, -0.15) is 0 Å². The smallest absolute Gasteiger partial charge is 0.237 e. The maximum atomic E-state index is 11.8. The summed E-state index contributed by atoms with van der Waals surface area (Å²) >= 11 is 0. The zero-order valence-corrected chi connectivity index (χ0v) is 10.7. The number of carbonyl (C=O) groups excluding carboxylic acids is 1. The molecule has 2 N–H and O–H groups in total. The van der Waals surface area contributed by atoms with Crippen molar-refractivity contribution in [2.45, 2.75) is 37.5 Å². The van der Waals surface area contributed by atoms with Crippen molar-refractivity contribution in [2.75, 3.05) is 33.8 Å². The molecule has 0 aromatic rings. The second-order valence-electron chi connectivity index (χ2n) is 5.06. The highest BCUT2D eigenvalue weighted by Gasteiger charge is 2.29. The van der Waals surface area contributed by atoms with E-state index in [0.29, 0.717) is 0 Å². The van der Waals surface area contributed by atoms with Crippen LogP contribution >= 0.6 is 0 Å². The van der Waals surface area contributed by atoms with E-state index in [9.17, 15) is 4.79 Å². The van der Waals surface area contributed by atoms with Gasteiger partial charge in [-0.1, -0.05) is 0 Å². The predicted molar refractivity (Wildman–Crippen MR) is 65.9 cm³/mol. The van der Waals surface area contributed by atoms with Gasteiger partial charge >= 0.3 is 0 Å². The third-order valence-electron chi connectivity index (χ3n) is 3.67. The minimum absolute atomic E-state index is 0.0776. The van der Waals surface area contributed by atoms with Gasteiger partial charge < -0.3 is 20.3 Å². The summed E-state index contributed by atoms with van der Waals surface area (Å²) < 4.78 is 5.22. The lowest BCUT2D eigenvalue weighted by atomic mass is 10.2. The van der Waals surface area contributed by atoms with Crippen molar-refractivity contribution in [1.82, 2.24) is 15.5 Å². The molecular formula is C12H23N3O2. The molecule has 0 spiro atoms. The molecule has 1 heterocycles. The zero-order chi connectivity index (χ0) is 12.3. The average Bonchev–Trinajstić information content (AvgIpc) is 3.06. The van der Waals surface area contributed by atoms with Gasteiger partial charge in [0.15, 0.2) is 0 Å². The highest BCUT2D eigenvalue weighted by molar-refractivity contribution is 5.82. The second-order valence-corrected chi connectivity index (χ2v) is 5.06. The molecule has 17 heavy (non-hydrogen) atoms. The highest BCUT2D eigenvalue weighted by Crippen LogP contribution is 2.24. The van der Waals surface area contributed by atoms with Gasteiger partial charge in [-0.15, -0.1) is 0 Å². The Labute approximate surface area is 103 Å². The van der Waals surface area contributed by atoms with Gasteiger partial charge in [-0.05, 0) is 26.3 Å². The largest absolute Gasteiger partial charge is 0.380 e. The van der Waals surface area contributed by atoms with Crippen LogP contribution in [0.2, 0.25) is 0 Å². The fraction of sp³-hybridized carbons (Fsp3) is 0.917. The van der Waals surface area contributed by atoms with Crippen molar-refractivity contribution in [2.24, 2.45) is 0 Å². The van der Waals surface area contributed by atoms with Crippen LogP contribution in [0.25, 0.3) is 0 Å². The number of methoxy groups -OCH3 is 1. The van der Waals surface area contributed by atoms with Crippen LogP contribution in [0.1, 0.15) is 19.3 Å². The first-order valence-electron chi connectivity index (χ1n) is 6.45. The second kappa shape index (κ2) is 5.80. The Balaban J connectivity index is 1.60. The molecule has 0 aromatic carbocycles. The van der Waals surface area contributed by atoms with E-state index in [0.717, 1.165) is 32.1 Å². The van der Waals surface area contributed by atoms with Crippen molar-refractivity contribution in [3.63, 3.8) is 0 Å². The van der Waals surface area contributed by atoms with Gasteiger partial charge in [0, 0.05) is 32.8 Å². The maximum Gasteiger partial charge on any atom is 0.237 e. The molecule has 0 bridgehead atoms. The van der Waals surface area contributed by atoms with Gasteiger partial charge in [-0.3, -0.25) is 4.79 Å². The number of amides is 1. The number of nitrogens with zero attached hydrogens (tertiary/aromatic N) is 1. The van der Waals surface area contributed by atoms with Crippen LogP contribution in [0.3, 0.4) is 0 Å². The van der Waals surface area contributed by atoms with Crippen LogP contribution in [-0.4, -0.2) is 62.8 Å². The molecule has 5 nitrogen and oxygen atoms in total. The first-order chi connectivity index (χ1) is 8.20. The molecule has 2 fully saturated rings. The van der Waals surface area contributed by atoms with Crippen molar-refractivity contribution in [1.29, 1.82) is 0 Å². The van der Waals surface area contributed by atoms with Gasteiger partial charge in [0.05, 0.1) is 12.1 Å². The summed E-state index contributed by atoms with van der Waals surface area (Å²) in [6.45, 7) is 2.45. The van der Waals surface area contributed by atoms with Crippen molar-refractivity contribution >= 4 is 5.91 Å². The SMILES string of the molecule is COC1CNC(C(=O)NCCN(C)C2CC2)C1. The number of hydrogen-bond acceptors (Lipinski definition) is 4. The topological polar surface area (TPSA) is 53.6 Å². The third kappa shape index (κ3) is 3.66. The van der Waals surface area contributed by atoms with Crippen LogP contribution < -0.4 is 10.6 Å². The van der Waals surface area contributed by atoms with Gasteiger partial charge in [0.1, 0.15) is 0 Å². The quantitative estimate of drug-likeness (QED) is 0.663. The van der Waals surface area contributed by atoms with Gasteiger partial charge in [0.25, 0.3) is 0 Å². The predicted octanol–water partition coefficient (Wildman–Crippen LogP) is -0.426. The van der Waals surface area contributed by atoms with E-state index in [4.69, 9.17) is 4.74 Å². The lowest BCUT2D eigenvalue weighted by Crippen LogP contribution is -2.43. The normalized spacial score (nSPS) is 28.6. The molecule has 2 unspecified atom stereocenters. The zero-order valence-electron chi connectivity index (χ0n) is 10.7. The first kappa shape index (κ1) is 12.8. The molecule has 1 saturated heterocycles. The standard InChI is InChI=1S/C12H23N3O2/c1-15(9-3-4-9)6-5-13-12(16)11-7-10(17-2)8-14-11/h9-11,14H,3-8H2,1-2H3,(H,13,16). The van der Waals surface area contributed by atoms with Gasteiger partial charge in [0.2, 0.25) is 5.91 Å². The number of likely N-dealkylation sites (N-methyl/N-ethyl adjacent to an activating group) is 1. The van der Waals surface area contributed by atoms with Crippen LogP contribution in [0.5, 0.6) is 0 Å². The number of ether oxygens (including phenoxy) is 1. The number of rotatable bonds is 6. The summed E-state index contributed by atoms with van der Waals surface area (Å²) in [5, 5.41) is 6.16. The molecule has 5 heteroatoms. The van der Waals surface area contributed by atoms with E-state index in [2.05, 4.69) is 22.6 Å². The molecular weight excluding hydrogens is 218 g/mol. The van der Waals surface area contributed by atoms with Crippen molar-refractivity contribution in [3.05, 3.63) is 0 Å². The lowest BCUT2D eigenvalue weighted by molar-refractivity contribution is -0.123. The Morgan fingerprint density at radius 1 is 1.53 bits per heavy atom. The molecule has 2 aliphatic rings. The van der Waals surface area contributed by atoms with Crippen molar-refractivity contribution in [3.8, 4) is 0 Å². The van der Waals surface area contributed by atoms with E-state index in [-0.39, 0.29) is 18.1 Å². The molecule has 0 radical (unpaired) electrons. The van der Waals surface area contributed by atoms with Gasteiger partial charge in [-0.25, -0.2) is 0 Å². The Hall–Kier alpha value is -0.650. The Morgan fingerprint density at radius 3 is 2.88 bits per heavy atom. The number of hydrogen-bond donors (Lipinski definition) is 2. The van der Waals surface area contributed by atoms with Crippen LogP contribution in [-0.2, 0) is 9.53 Å². The molecule has 1 saturated carbocycles. The Bertz CT molecular complexity index is 268. The fourth-order valence-electron chi connectivity index (χ4n) is 2.26. The molecule has 98 valence electrons. The molecule has 0 aromatic heterocycles. The van der Waals surface area contributed by atoms with E-state index in [1.165, 1.54) is 12.8 Å². The average molecular weight is 241 g/mol. The maximum absolute atomic E-state index is 11.8. The minimum atomic E-state index is -0.0776. The number of nitrogens with one attached hydrogen (secondary N) is 2. The summed E-state index contributed by atoms with van der Waals surface area (Å²) in [4.78, 5) is 14.1. The first-order valence-corrected chi connectivity index (χ1v) is 6.45. The molecule has 2 atom stereocenters. The van der Waals surface area contributed by atoms with E-state index in [1.807, 2.05) is 0 Å². The van der Waals surface area contributed by atoms with E-state index < -0.39 is 0 Å². The summed E-state index contributed by atoms with van der Waals surface area (Å²) in [6, 6.07) is 0.681. The highest BCUT2D eigenvalue weighted by atomic mass is 16.5. The van der Waals surface area contributed by atoms with E-state index in [1.54, 1.807) is 7.11 Å². The molecule has 1 amide bonds. The number of carbonyl (C=O) groups is 1. The lowest BCUT2D eigenvalue weighted by Gasteiger charge is -2.17. The van der Waals surface area contributed by atoms with Crippen LogP contribution in [0, 0.1) is 0 Å². The third-order valence-corrected chi connectivity index (χ3v) is 3.67. The molecule has 1 aliphatic carbocycles. The summed E-state index contributed by atoms with van der Waals surface area (Å²) in [5.41, 5.74) is 0.